The van der Waals surface area contributed by atoms with Crippen LogP contribution < -0.4 is 10.9 Å². The number of halogens is 1. The van der Waals surface area contributed by atoms with Crippen molar-refractivity contribution in [2.24, 2.45) is 0 Å². The minimum absolute atomic E-state index is 0.234. The van der Waals surface area contributed by atoms with Crippen LogP contribution in [0.5, 0.6) is 0 Å². The SMILES string of the molecule is CCCCNc1nc2ccc(C)cn2c(=O)c1C=C1SC(=S)N(Cc2ccc(F)cc2)C1=O. The molecule has 3 aromatic rings. The number of nitrogens with zero attached hydrogens (tertiary/aromatic N) is 3. The van der Waals surface area contributed by atoms with Gasteiger partial charge in [0.25, 0.3) is 11.5 Å². The van der Waals surface area contributed by atoms with Crippen molar-refractivity contribution in [3.8, 4) is 0 Å². The van der Waals surface area contributed by atoms with Crippen molar-refractivity contribution in [1.29, 1.82) is 0 Å². The first-order chi connectivity index (χ1) is 15.9. The summed E-state index contributed by atoms with van der Waals surface area (Å²) in [5.41, 5.74) is 2.28. The topological polar surface area (TPSA) is 66.7 Å². The van der Waals surface area contributed by atoms with E-state index in [0.717, 1.165) is 35.7 Å². The molecule has 6 nitrogen and oxygen atoms in total. The molecule has 0 aliphatic carbocycles. The number of unbranched alkanes of at least 4 members (excludes halogenated alkanes) is 1. The molecule has 1 aliphatic rings. The number of benzene rings is 1. The van der Waals surface area contributed by atoms with Crippen molar-refractivity contribution in [3.05, 3.63) is 80.4 Å². The van der Waals surface area contributed by atoms with Gasteiger partial charge in [-0.1, -0.05) is 55.5 Å². The molecule has 1 aromatic carbocycles. The van der Waals surface area contributed by atoms with Crippen LogP contribution in [0.1, 0.15) is 36.5 Å². The van der Waals surface area contributed by atoms with Crippen molar-refractivity contribution in [3.63, 3.8) is 0 Å². The van der Waals surface area contributed by atoms with Crippen LogP contribution in [0.15, 0.2) is 52.3 Å². The van der Waals surface area contributed by atoms with Gasteiger partial charge in [-0.2, -0.15) is 0 Å². The number of aryl methyl sites for hydroxylation is 1. The van der Waals surface area contributed by atoms with E-state index in [4.69, 9.17) is 12.2 Å². The van der Waals surface area contributed by atoms with E-state index in [0.29, 0.717) is 32.8 Å². The quantitative estimate of drug-likeness (QED) is 0.298. The van der Waals surface area contributed by atoms with Gasteiger partial charge in [0.2, 0.25) is 0 Å². The maximum atomic E-state index is 13.4. The number of rotatable bonds is 7. The number of aromatic nitrogens is 2. The number of hydrogen-bond donors (Lipinski definition) is 1. The molecule has 1 amide bonds. The summed E-state index contributed by atoms with van der Waals surface area (Å²) in [6.45, 7) is 4.88. The lowest BCUT2D eigenvalue weighted by atomic mass is 10.2. The highest BCUT2D eigenvalue weighted by Crippen LogP contribution is 2.34. The number of anilines is 1. The Labute approximate surface area is 200 Å². The monoisotopic (exact) mass is 482 g/mol. The molecule has 0 spiro atoms. The first-order valence-corrected chi connectivity index (χ1v) is 11.9. The maximum Gasteiger partial charge on any atom is 0.267 e. The van der Waals surface area contributed by atoms with Gasteiger partial charge < -0.3 is 5.32 Å². The van der Waals surface area contributed by atoms with Crippen LogP contribution in [0.3, 0.4) is 0 Å². The van der Waals surface area contributed by atoms with Gasteiger partial charge in [0.05, 0.1) is 17.0 Å². The Hall–Kier alpha value is -3.04. The normalized spacial score (nSPS) is 15.1. The number of carbonyl (C=O) groups is 1. The second-order valence-corrected chi connectivity index (χ2v) is 9.46. The lowest BCUT2D eigenvalue weighted by Crippen LogP contribution is -2.27. The maximum absolute atomic E-state index is 13.4. The molecular weight excluding hydrogens is 459 g/mol. The van der Waals surface area contributed by atoms with Crippen LogP contribution in [0.2, 0.25) is 0 Å². The van der Waals surface area contributed by atoms with E-state index in [1.165, 1.54) is 21.4 Å². The van der Waals surface area contributed by atoms with E-state index in [9.17, 15) is 14.0 Å². The molecule has 9 heteroatoms. The highest BCUT2D eigenvalue weighted by molar-refractivity contribution is 8.26. The average molecular weight is 483 g/mol. The lowest BCUT2D eigenvalue weighted by Gasteiger charge is -2.14. The summed E-state index contributed by atoms with van der Waals surface area (Å²) in [5.74, 6) is -0.185. The van der Waals surface area contributed by atoms with Crippen LogP contribution in [0.25, 0.3) is 11.7 Å². The van der Waals surface area contributed by atoms with E-state index in [2.05, 4.69) is 17.2 Å². The summed E-state index contributed by atoms with van der Waals surface area (Å²) in [4.78, 5) is 32.9. The molecular formula is C24H23FN4O2S2. The molecule has 0 saturated carbocycles. The zero-order valence-corrected chi connectivity index (χ0v) is 19.9. The van der Waals surface area contributed by atoms with Crippen molar-refractivity contribution in [2.45, 2.75) is 33.2 Å². The van der Waals surface area contributed by atoms with E-state index < -0.39 is 0 Å². The second-order valence-electron chi connectivity index (χ2n) is 7.79. The predicted octanol–water partition coefficient (Wildman–Crippen LogP) is 4.76. The van der Waals surface area contributed by atoms with Crippen LogP contribution >= 0.6 is 24.0 Å². The molecule has 3 heterocycles. The van der Waals surface area contributed by atoms with Gasteiger partial charge >= 0.3 is 0 Å². The van der Waals surface area contributed by atoms with Crippen LogP contribution in [0.4, 0.5) is 10.2 Å². The van der Waals surface area contributed by atoms with Gasteiger partial charge in [-0.15, -0.1) is 0 Å². The summed E-state index contributed by atoms with van der Waals surface area (Å²) >= 11 is 6.56. The fourth-order valence-corrected chi connectivity index (χ4v) is 4.68. The van der Waals surface area contributed by atoms with Gasteiger partial charge in [0.15, 0.2) is 0 Å². The molecule has 2 aromatic heterocycles. The predicted molar refractivity (Wildman–Crippen MR) is 135 cm³/mol. The Kier molecular flexibility index (Phi) is 6.90. The number of amides is 1. The summed E-state index contributed by atoms with van der Waals surface area (Å²) < 4.78 is 15.1. The molecule has 0 atom stereocenters. The Morgan fingerprint density at radius 2 is 1.94 bits per heavy atom. The van der Waals surface area contributed by atoms with Crippen LogP contribution in [0, 0.1) is 12.7 Å². The van der Waals surface area contributed by atoms with Gasteiger partial charge in [-0.05, 0) is 48.7 Å². The number of pyridine rings is 1. The molecule has 0 radical (unpaired) electrons. The molecule has 0 unspecified atom stereocenters. The van der Waals surface area contributed by atoms with E-state index in [1.54, 1.807) is 30.5 Å². The van der Waals surface area contributed by atoms with E-state index in [1.807, 2.05) is 13.0 Å². The zero-order chi connectivity index (χ0) is 23.5. The second kappa shape index (κ2) is 9.84. The Morgan fingerprint density at radius 1 is 1.18 bits per heavy atom. The Balaban J connectivity index is 1.72. The van der Waals surface area contributed by atoms with Crippen molar-refractivity contribution in [2.75, 3.05) is 11.9 Å². The van der Waals surface area contributed by atoms with Crippen molar-refractivity contribution >= 4 is 51.7 Å². The summed E-state index contributed by atoms with van der Waals surface area (Å²) in [6.07, 6.45) is 5.23. The molecule has 1 saturated heterocycles. The summed E-state index contributed by atoms with van der Waals surface area (Å²) in [6, 6.07) is 9.64. The highest BCUT2D eigenvalue weighted by Gasteiger charge is 2.32. The number of hydrogen-bond acceptors (Lipinski definition) is 6. The van der Waals surface area contributed by atoms with Gasteiger partial charge in [-0.3, -0.25) is 18.9 Å². The third-order valence-corrected chi connectivity index (χ3v) is 6.61. The zero-order valence-electron chi connectivity index (χ0n) is 18.3. The van der Waals surface area contributed by atoms with Gasteiger partial charge in [0.1, 0.15) is 21.6 Å². The first-order valence-electron chi connectivity index (χ1n) is 10.6. The minimum atomic E-state index is -0.341. The van der Waals surface area contributed by atoms with Crippen LogP contribution in [-0.4, -0.2) is 31.1 Å². The molecule has 33 heavy (non-hydrogen) atoms. The molecule has 1 aliphatic heterocycles. The smallest absolute Gasteiger partial charge is 0.267 e. The lowest BCUT2D eigenvalue weighted by molar-refractivity contribution is -0.122. The van der Waals surface area contributed by atoms with Gasteiger partial charge in [0, 0.05) is 12.7 Å². The average Bonchev–Trinajstić information content (AvgIpc) is 3.05. The Bertz CT molecular complexity index is 1320. The molecule has 170 valence electrons. The first kappa shape index (κ1) is 23.1. The number of carbonyl (C=O) groups excluding carboxylic acids is 1. The summed E-state index contributed by atoms with van der Waals surface area (Å²) in [5, 5.41) is 3.25. The fourth-order valence-electron chi connectivity index (χ4n) is 3.45. The molecule has 1 fully saturated rings. The molecule has 0 bridgehead atoms. The van der Waals surface area contributed by atoms with Crippen molar-refractivity contribution < 1.29 is 9.18 Å². The molecule has 4 rings (SSSR count). The highest BCUT2D eigenvalue weighted by atomic mass is 32.2. The summed E-state index contributed by atoms with van der Waals surface area (Å²) in [7, 11) is 0. The number of thiocarbonyl (C=S) groups is 1. The van der Waals surface area contributed by atoms with Crippen LogP contribution in [-0.2, 0) is 11.3 Å². The third-order valence-electron chi connectivity index (χ3n) is 5.23. The van der Waals surface area contributed by atoms with Gasteiger partial charge in [-0.25, -0.2) is 9.37 Å². The fraction of sp³-hybridized carbons (Fsp3) is 0.250. The number of thioether (sulfide) groups is 1. The number of fused-ring (bicyclic) bond motifs is 1. The minimum Gasteiger partial charge on any atom is -0.369 e. The van der Waals surface area contributed by atoms with E-state index >= 15 is 0 Å². The van der Waals surface area contributed by atoms with Crippen molar-refractivity contribution in [1.82, 2.24) is 14.3 Å². The largest absolute Gasteiger partial charge is 0.369 e. The molecule has 1 N–H and O–H groups in total. The number of nitrogens with one attached hydrogen (secondary N) is 1. The third kappa shape index (κ3) is 4.99. The van der Waals surface area contributed by atoms with E-state index in [-0.39, 0.29) is 23.8 Å². The standard InChI is InChI=1S/C24H23FN4O2S2/c1-3-4-11-26-21-18(22(30)28-13-15(2)5-10-20(28)27-21)12-19-23(31)29(24(32)33-19)14-16-6-8-17(25)9-7-16/h5-10,12-13,26H,3-4,11,14H2,1-2H3. The Morgan fingerprint density at radius 3 is 2.67 bits per heavy atom.